The maximum Gasteiger partial charge on any atom is 0.296 e. The van der Waals surface area contributed by atoms with E-state index in [-0.39, 0.29) is 16.1 Å². The molecule has 90 valence electrons. The minimum atomic E-state index is -4.33. The van der Waals surface area contributed by atoms with Crippen LogP contribution in [0.2, 0.25) is 0 Å². The molecule has 0 unspecified atom stereocenters. The fourth-order valence-corrected chi connectivity index (χ4v) is 1.84. The van der Waals surface area contributed by atoms with Crippen molar-refractivity contribution >= 4 is 10.1 Å². The number of aromatic nitrogens is 3. The number of hydrogen-bond donors (Lipinski definition) is 2. The number of rotatable bonds is 2. The Morgan fingerprint density at radius 3 is 2.59 bits per heavy atom. The van der Waals surface area contributed by atoms with Gasteiger partial charge in [-0.05, 0) is 13.0 Å². The molecule has 0 atom stereocenters. The maximum absolute atomic E-state index is 11.5. The fourth-order valence-electron chi connectivity index (χ4n) is 1.38. The van der Waals surface area contributed by atoms with Gasteiger partial charge in [-0.15, -0.1) is 0 Å². The van der Waals surface area contributed by atoms with E-state index in [1.54, 1.807) is 6.92 Å². The number of H-pyrrole nitrogens is 1. The zero-order chi connectivity index (χ0) is 12.6. The normalized spacial score (nSPS) is 11.6. The van der Waals surface area contributed by atoms with Crippen molar-refractivity contribution in [3.8, 4) is 5.69 Å². The van der Waals surface area contributed by atoms with Gasteiger partial charge >= 0.3 is 0 Å². The molecule has 0 bridgehead atoms. The van der Waals surface area contributed by atoms with E-state index >= 15 is 0 Å². The van der Waals surface area contributed by atoms with Gasteiger partial charge in [-0.1, -0.05) is 0 Å². The Morgan fingerprint density at radius 1 is 1.35 bits per heavy atom. The van der Waals surface area contributed by atoms with Crippen LogP contribution < -0.4 is 5.56 Å². The molecule has 0 aliphatic heterocycles. The number of pyridine rings is 1. The van der Waals surface area contributed by atoms with E-state index in [9.17, 15) is 13.2 Å². The van der Waals surface area contributed by atoms with Gasteiger partial charge in [0, 0.05) is 18.0 Å². The van der Waals surface area contributed by atoms with Gasteiger partial charge in [-0.3, -0.25) is 19.4 Å². The standard InChI is InChI=1S/C9H9N3O4S/c1-6-2-9(13)12(11-6)7-3-8(5-10-4-7)17(14,15)16/h2-5,11H,1H3,(H,14,15,16). The smallest absolute Gasteiger partial charge is 0.295 e. The van der Waals surface area contributed by atoms with Gasteiger partial charge in [0.05, 0.1) is 11.9 Å². The Bertz CT molecular complexity index is 714. The Kier molecular flexibility index (Phi) is 2.60. The van der Waals surface area contributed by atoms with E-state index in [4.69, 9.17) is 4.55 Å². The van der Waals surface area contributed by atoms with Crippen LogP contribution in [-0.2, 0) is 10.1 Å². The van der Waals surface area contributed by atoms with Crippen molar-refractivity contribution in [3.63, 3.8) is 0 Å². The number of hydrogen-bond acceptors (Lipinski definition) is 4. The van der Waals surface area contributed by atoms with E-state index in [0.29, 0.717) is 5.69 Å². The topological polar surface area (TPSA) is 105 Å². The molecule has 2 aromatic heterocycles. The van der Waals surface area contributed by atoms with Crippen LogP contribution in [0.1, 0.15) is 5.69 Å². The Morgan fingerprint density at radius 2 is 2.06 bits per heavy atom. The lowest BCUT2D eigenvalue weighted by atomic mass is 10.4. The highest BCUT2D eigenvalue weighted by Crippen LogP contribution is 2.11. The second-order valence-corrected chi connectivity index (χ2v) is 4.89. The van der Waals surface area contributed by atoms with Crippen LogP contribution in [0, 0.1) is 6.92 Å². The first-order valence-electron chi connectivity index (χ1n) is 4.59. The third-order valence-corrected chi connectivity index (χ3v) is 2.92. The quantitative estimate of drug-likeness (QED) is 0.741. The van der Waals surface area contributed by atoms with Crippen LogP contribution >= 0.6 is 0 Å². The van der Waals surface area contributed by atoms with Gasteiger partial charge in [0.15, 0.2) is 0 Å². The van der Waals surface area contributed by atoms with Gasteiger partial charge in [0.25, 0.3) is 15.7 Å². The summed E-state index contributed by atoms with van der Waals surface area (Å²) < 4.78 is 31.9. The highest BCUT2D eigenvalue weighted by atomic mass is 32.2. The van der Waals surface area contributed by atoms with Gasteiger partial charge in [-0.2, -0.15) is 8.42 Å². The number of aromatic amines is 1. The molecule has 0 aliphatic carbocycles. The molecule has 2 heterocycles. The van der Waals surface area contributed by atoms with Crippen molar-refractivity contribution in [2.75, 3.05) is 0 Å². The monoisotopic (exact) mass is 255 g/mol. The van der Waals surface area contributed by atoms with E-state index in [1.165, 1.54) is 12.3 Å². The summed E-state index contributed by atoms with van der Waals surface area (Å²) in [7, 11) is -4.33. The van der Waals surface area contributed by atoms with Crippen molar-refractivity contribution in [3.05, 3.63) is 40.6 Å². The van der Waals surface area contributed by atoms with Crippen molar-refractivity contribution in [2.24, 2.45) is 0 Å². The molecular formula is C9H9N3O4S. The molecule has 0 amide bonds. The first kappa shape index (κ1) is 11.6. The molecule has 2 aromatic rings. The zero-order valence-electron chi connectivity index (χ0n) is 8.78. The predicted octanol–water partition coefficient (Wildman–Crippen LogP) is 0.116. The summed E-state index contributed by atoms with van der Waals surface area (Å²) in [6.07, 6.45) is 2.31. The van der Waals surface area contributed by atoms with Crippen molar-refractivity contribution < 1.29 is 13.0 Å². The van der Waals surface area contributed by atoms with Crippen LogP contribution in [0.4, 0.5) is 0 Å². The zero-order valence-corrected chi connectivity index (χ0v) is 9.60. The lowest BCUT2D eigenvalue weighted by molar-refractivity contribution is 0.482. The van der Waals surface area contributed by atoms with Crippen LogP contribution in [0.5, 0.6) is 0 Å². The predicted molar refractivity (Wildman–Crippen MR) is 58.7 cm³/mol. The lowest BCUT2D eigenvalue weighted by Crippen LogP contribution is -2.14. The molecule has 0 saturated heterocycles. The minimum Gasteiger partial charge on any atom is -0.295 e. The first-order chi connectivity index (χ1) is 7.88. The van der Waals surface area contributed by atoms with Crippen molar-refractivity contribution in [1.82, 2.24) is 14.8 Å². The fraction of sp³-hybridized carbons (Fsp3) is 0.111. The van der Waals surface area contributed by atoms with Crippen LogP contribution in [0.25, 0.3) is 5.69 Å². The summed E-state index contributed by atoms with van der Waals surface area (Å²) in [5, 5.41) is 2.73. The number of nitrogens with zero attached hydrogens (tertiary/aromatic N) is 2. The molecule has 2 rings (SSSR count). The van der Waals surface area contributed by atoms with Crippen LogP contribution in [0.3, 0.4) is 0 Å². The summed E-state index contributed by atoms with van der Waals surface area (Å²) >= 11 is 0. The highest BCUT2D eigenvalue weighted by molar-refractivity contribution is 7.85. The summed E-state index contributed by atoms with van der Waals surface area (Å²) in [5.74, 6) is 0. The second-order valence-electron chi connectivity index (χ2n) is 3.47. The summed E-state index contributed by atoms with van der Waals surface area (Å²) in [6, 6.07) is 2.51. The molecule has 0 fully saturated rings. The van der Waals surface area contributed by atoms with E-state index in [0.717, 1.165) is 16.9 Å². The van der Waals surface area contributed by atoms with Gasteiger partial charge in [0.1, 0.15) is 4.90 Å². The molecule has 0 radical (unpaired) electrons. The molecule has 0 saturated carbocycles. The van der Waals surface area contributed by atoms with E-state index in [2.05, 4.69) is 10.1 Å². The lowest BCUT2D eigenvalue weighted by Gasteiger charge is -2.02. The Balaban J connectivity index is 2.62. The van der Waals surface area contributed by atoms with E-state index in [1.807, 2.05) is 0 Å². The molecule has 17 heavy (non-hydrogen) atoms. The third kappa shape index (κ3) is 2.27. The van der Waals surface area contributed by atoms with Crippen LogP contribution in [0.15, 0.2) is 34.2 Å². The second kappa shape index (κ2) is 3.82. The highest BCUT2D eigenvalue weighted by Gasteiger charge is 2.12. The summed E-state index contributed by atoms with van der Waals surface area (Å²) in [6.45, 7) is 1.69. The average Bonchev–Trinajstić information content (AvgIpc) is 2.57. The maximum atomic E-state index is 11.5. The molecular weight excluding hydrogens is 246 g/mol. The molecule has 0 spiro atoms. The van der Waals surface area contributed by atoms with Gasteiger partial charge in [0.2, 0.25) is 0 Å². The van der Waals surface area contributed by atoms with E-state index < -0.39 is 10.1 Å². The molecule has 8 heteroatoms. The Labute approximate surface area is 96.5 Å². The van der Waals surface area contributed by atoms with Crippen molar-refractivity contribution in [2.45, 2.75) is 11.8 Å². The number of nitrogens with one attached hydrogen (secondary N) is 1. The molecule has 0 aromatic carbocycles. The molecule has 2 N–H and O–H groups in total. The van der Waals surface area contributed by atoms with Crippen molar-refractivity contribution in [1.29, 1.82) is 0 Å². The molecule has 0 aliphatic rings. The number of aryl methyl sites for hydroxylation is 1. The van der Waals surface area contributed by atoms with Crippen LogP contribution in [-0.4, -0.2) is 27.7 Å². The first-order valence-corrected chi connectivity index (χ1v) is 6.03. The minimum absolute atomic E-state index is 0.234. The van der Waals surface area contributed by atoms with Gasteiger partial charge < -0.3 is 0 Å². The third-order valence-electron chi connectivity index (χ3n) is 2.10. The SMILES string of the molecule is Cc1cc(=O)n(-c2cncc(S(=O)(=O)O)c2)[nH]1. The van der Waals surface area contributed by atoms with Gasteiger partial charge in [-0.25, -0.2) is 4.68 Å². The molecule has 7 nitrogen and oxygen atoms in total. The largest absolute Gasteiger partial charge is 0.296 e. The summed E-state index contributed by atoms with van der Waals surface area (Å²) in [4.78, 5) is 14.8. The average molecular weight is 255 g/mol. The summed E-state index contributed by atoms with van der Waals surface area (Å²) in [5.41, 5.74) is 0.530. The Hall–Kier alpha value is -1.93.